The molecule has 0 bridgehead atoms. The molecule has 0 saturated carbocycles. The van der Waals surface area contributed by atoms with Crippen LogP contribution in [0.15, 0.2) is 28.8 Å². The first kappa shape index (κ1) is 15.6. The number of aromatic nitrogens is 1. The number of ether oxygens (including phenoxy) is 1. The van der Waals surface area contributed by atoms with E-state index in [9.17, 15) is 9.90 Å². The van der Waals surface area contributed by atoms with Crippen LogP contribution in [0.4, 0.5) is 0 Å². The van der Waals surface area contributed by atoms with Gasteiger partial charge >= 0.3 is 5.97 Å². The Bertz CT molecular complexity index is 710. The molecule has 0 aliphatic carbocycles. The normalized spacial score (nSPS) is 18.1. The maximum atomic E-state index is 11.9. The standard InChI is InChI=1S/C17H20N2O4/c1-3-14-13(11(2)23-18-14)10-19-8-9-22-15-7-5-4-6-12(15)16(19)17(20)21/h4-7,16H,3,8-10H2,1-2H3,(H,20,21)/t16-/m1/s1. The van der Waals surface area contributed by atoms with Gasteiger partial charge in [-0.15, -0.1) is 0 Å². The molecule has 1 aliphatic rings. The SMILES string of the molecule is CCc1noc(C)c1CN1CCOc2ccccc2[C@@H]1C(=O)O. The summed E-state index contributed by atoms with van der Waals surface area (Å²) in [7, 11) is 0. The quantitative estimate of drug-likeness (QED) is 0.934. The Labute approximate surface area is 134 Å². The number of hydrogen-bond donors (Lipinski definition) is 1. The Morgan fingerprint density at radius 2 is 2.22 bits per heavy atom. The molecule has 3 rings (SSSR count). The fourth-order valence-corrected chi connectivity index (χ4v) is 3.02. The highest BCUT2D eigenvalue weighted by atomic mass is 16.5. The van der Waals surface area contributed by atoms with Crippen molar-refractivity contribution in [3.8, 4) is 5.75 Å². The molecule has 0 saturated heterocycles. The van der Waals surface area contributed by atoms with E-state index >= 15 is 0 Å². The molecule has 2 aromatic rings. The van der Waals surface area contributed by atoms with E-state index in [1.165, 1.54) is 0 Å². The molecule has 0 spiro atoms. The molecular formula is C17H20N2O4. The zero-order valence-electron chi connectivity index (χ0n) is 13.3. The lowest BCUT2D eigenvalue weighted by Gasteiger charge is -2.26. The number of carboxylic acids is 1. The minimum absolute atomic E-state index is 0.451. The number of nitrogens with zero attached hydrogens (tertiary/aromatic N) is 2. The molecular weight excluding hydrogens is 296 g/mol. The highest BCUT2D eigenvalue weighted by Crippen LogP contribution is 2.33. The molecule has 23 heavy (non-hydrogen) atoms. The highest BCUT2D eigenvalue weighted by Gasteiger charge is 2.33. The molecule has 1 aromatic carbocycles. The summed E-state index contributed by atoms with van der Waals surface area (Å²) in [6.07, 6.45) is 0.755. The van der Waals surface area contributed by atoms with Crippen LogP contribution in [0.1, 0.15) is 35.5 Å². The Kier molecular flexibility index (Phi) is 4.34. The fraction of sp³-hybridized carbons (Fsp3) is 0.412. The van der Waals surface area contributed by atoms with Gasteiger partial charge in [0.05, 0.1) is 5.69 Å². The smallest absolute Gasteiger partial charge is 0.325 e. The maximum absolute atomic E-state index is 11.9. The van der Waals surface area contributed by atoms with Crippen molar-refractivity contribution in [1.82, 2.24) is 10.1 Å². The summed E-state index contributed by atoms with van der Waals surface area (Å²) < 4.78 is 11.0. The highest BCUT2D eigenvalue weighted by molar-refractivity contribution is 5.77. The summed E-state index contributed by atoms with van der Waals surface area (Å²) in [5.41, 5.74) is 2.54. The van der Waals surface area contributed by atoms with Crippen molar-refractivity contribution >= 4 is 5.97 Å². The number of para-hydroxylation sites is 1. The van der Waals surface area contributed by atoms with E-state index in [1.54, 1.807) is 0 Å². The summed E-state index contributed by atoms with van der Waals surface area (Å²) in [5.74, 6) is 0.500. The molecule has 0 amide bonds. The van der Waals surface area contributed by atoms with Gasteiger partial charge < -0.3 is 14.4 Å². The fourth-order valence-electron chi connectivity index (χ4n) is 3.02. The van der Waals surface area contributed by atoms with Crippen LogP contribution >= 0.6 is 0 Å². The van der Waals surface area contributed by atoms with Crippen LogP contribution in [0.2, 0.25) is 0 Å². The van der Waals surface area contributed by atoms with Crippen molar-refractivity contribution in [2.24, 2.45) is 0 Å². The topological polar surface area (TPSA) is 75.8 Å². The van der Waals surface area contributed by atoms with Crippen LogP contribution < -0.4 is 4.74 Å². The lowest BCUT2D eigenvalue weighted by Crippen LogP contribution is -2.35. The van der Waals surface area contributed by atoms with Gasteiger partial charge in [0.1, 0.15) is 24.2 Å². The first-order chi connectivity index (χ1) is 11.1. The van der Waals surface area contributed by atoms with E-state index < -0.39 is 12.0 Å². The Morgan fingerprint density at radius 1 is 1.43 bits per heavy atom. The largest absolute Gasteiger partial charge is 0.492 e. The van der Waals surface area contributed by atoms with Crippen molar-refractivity contribution in [2.75, 3.05) is 13.2 Å². The second-order valence-corrected chi connectivity index (χ2v) is 5.62. The van der Waals surface area contributed by atoms with Gasteiger partial charge in [0.15, 0.2) is 0 Å². The number of carboxylic acid groups (broad SMARTS) is 1. The second-order valence-electron chi connectivity index (χ2n) is 5.62. The number of aryl methyl sites for hydroxylation is 2. The molecule has 122 valence electrons. The molecule has 1 atom stereocenters. The number of benzene rings is 1. The van der Waals surface area contributed by atoms with Gasteiger partial charge in [0.2, 0.25) is 0 Å². The average molecular weight is 316 g/mol. The minimum atomic E-state index is -0.880. The molecule has 6 nitrogen and oxygen atoms in total. The molecule has 2 heterocycles. The van der Waals surface area contributed by atoms with Crippen LogP contribution in [0, 0.1) is 6.92 Å². The summed E-state index contributed by atoms with van der Waals surface area (Å²) >= 11 is 0. The van der Waals surface area contributed by atoms with Gasteiger partial charge in [0.25, 0.3) is 0 Å². The molecule has 6 heteroatoms. The Morgan fingerprint density at radius 3 is 2.96 bits per heavy atom. The third kappa shape index (κ3) is 2.94. The van der Waals surface area contributed by atoms with Gasteiger partial charge in [-0.05, 0) is 19.4 Å². The van der Waals surface area contributed by atoms with Crippen LogP contribution in [0.3, 0.4) is 0 Å². The number of carbonyl (C=O) groups is 1. The Balaban J connectivity index is 1.97. The van der Waals surface area contributed by atoms with Gasteiger partial charge in [-0.3, -0.25) is 9.69 Å². The van der Waals surface area contributed by atoms with Crippen molar-refractivity contribution in [3.05, 3.63) is 46.8 Å². The second kappa shape index (κ2) is 6.42. The lowest BCUT2D eigenvalue weighted by atomic mass is 10.0. The summed E-state index contributed by atoms with van der Waals surface area (Å²) in [6, 6.07) is 6.58. The van der Waals surface area contributed by atoms with E-state index in [2.05, 4.69) is 5.16 Å². The number of fused-ring (bicyclic) bond motifs is 1. The predicted molar refractivity (Wildman–Crippen MR) is 83.3 cm³/mol. The molecule has 1 aliphatic heterocycles. The molecule has 0 fully saturated rings. The number of hydrogen-bond acceptors (Lipinski definition) is 5. The maximum Gasteiger partial charge on any atom is 0.325 e. The number of aliphatic carboxylic acids is 1. The van der Waals surface area contributed by atoms with E-state index in [-0.39, 0.29) is 0 Å². The van der Waals surface area contributed by atoms with Crippen LogP contribution in [-0.2, 0) is 17.8 Å². The van der Waals surface area contributed by atoms with Crippen LogP contribution in [-0.4, -0.2) is 34.3 Å². The van der Waals surface area contributed by atoms with Gasteiger partial charge in [-0.1, -0.05) is 30.3 Å². The van der Waals surface area contributed by atoms with Gasteiger partial charge in [0, 0.05) is 24.2 Å². The molecule has 0 unspecified atom stereocenters. The van der Waals surface area contributed by atoms with E-state index in [0.29, 0.717) is 31.0 Å². The first-order valence-corrected chi connectivity index (χ1v) is 7.74. The van der Waals surface area contributed by atoms with E-state index in [4.69, 9.17) is 9.26 Å². The van der Waals surface area contributed by atoms with Crippen molar-refractivity contribution < 1.29 is 19.2 Å². The third-order valence-corrected chi connectivity index (χ3v) is 4.21. The van der Waals surface area contributed by atoms with Gasteiger partial charge in [-0.2, -0.15) is 0 Å². The minimum Gasteiger partial charge on any atom is -0.492 e. The molecule has 1 N–H and O–H groups in total. The van der Waals surface area contributed by atoms with Crippen LogP contribution in [0.25, 0.3) is 0 Å². The van der Waals surface area contributed by atoms with Crippen LogP contribution in [0.5, 0.6) is 5.75 Å². The monoisotopic (exact) mass is 316 g/mol. The number of rotatable bonds is 4. The summed E-state index contributed by atoms with van der Waals surface area (Å²) in [4.78, 5) is 13.8. The Hall–Kier alpha value is -2.34. The van der Waals surface area contributed by atoms with Crippen molar-refractivity contribution in [2.45, 2.75) is 32.9 Å². The molecule has 0 radical (unpaired) electrons. The van der Waals surface area contributed by atoms with E-state index in [0.717, 1.165) is 23.4 Å². The predicted octanol–water partition coefficient (Wildman–Crippen LogP) is 2.57. The zero-order valence-corrected chi connectivity index (χ0v) is 13.3. The molecule has 1 aromatic heterocycles. The zero-order chi connectivity index (χ0) is 16.4. The van der Waals surface area contributed by atoms with E-state index in [1.807, 2.05) is 43.0 Å². The lowest BCUT2D eigenvalue weighted by molar-refractivity contribution is -0.143. The average Bonchev–Trinajstić information content (AvgIpc) is 2.78. The summed E-state index contributed by atoms with van der Waals surface area (Å²) in [6.45, 7) is 5.33. The van der Waals surface area contributed by atoms with Crippen molar-refractivity contribution in [1.29, 1.82) is 0 Å². The third-order valence-electron chi connectivity index (χ3n) is 4.21. The first-order valence-electron chi connectivity index (χ1n) is 7.74. The van der Waals surface area contributed by atoms with Crippen molar-refractivity contribution in [3.63, 3.8) is 0 Å². The summed E-state index contributed by atoms with van der Waals surface area (Å²) in [5, 5.41) is 13.8. The van der Waals surface area contributed by atoms with Gasteiger partial charge in [-0.25, -0.2) is 0 Å².